The Morgan fingerprint density at radius 1 is 1.35 bits per heavy atom. The van der Waals surface area contributed by atoms with E-state index in [1.54, 1.807) is 25.4 Å². The van der Waals surface area contributed by atoms with E-state index in [-0.39, 0.29) is 5.78 Å². The van der Waals surface area contributed by atoms with E-state index in [2.05, 4.69) is 11.1 Å². The molecule has 0 aliphatic rings. The number of allylic oxidation sites excluding steroid dienone is 1. The number of ketones is 1. The third-order valence-corrected chi connectivity index (χ3v) is 3.90. The summed E-state index contributed by atoms with van der Waals surface area (Å²) in [5.74, 6) is 0.510. The van der Waals surface area contributed by atoms with Crippen molar-refractivity contribution in [2.24, 2.45) is 0 Å². The molecule has 2 aromatic rings. The van der Waals surface area contributed by atoms with Crippen LogP contribution in [-0.4, -0.2) is 17.9 Å². The number of aromatic nitrogens is 1. The largest absolute Gasteiger partial charge is 0.481 e. The van der Waals surface area contributed by atoms with E-state index in [4.69, 9.17) is 4.74 Å². The molecular formula is C16H17NO2S. The minimum Gasteiger partial charge on any atom is -0.481 e. The van der Waals surface area contributed by atoms with Crippen LogP contribution < -0.4 is 4.74 Å². The van der Waals surface area contributed by atoms with Crippen LogP contribution in [0.2, 0.25) is 0 Å². The Morgan fingerprint density at radius 3 is 2.65 bits per heavy atom. The maximum atomic E-state index is 12.4. The van der Waals surface area contributed by atoms with Crippen molar-refractivity contribution >= 4 is 23.2 Å². The molecule has 3 nitrogen and oxygen atoms in total. The molecule has 0 N–H and O–H groups in total. The van der Waals surface area contributed by atoms with Gasteiger partial charge in [0.1, 0.15) is 0 Å². The summed E-state index contributed by atoms with van der Waals surface area (Å²) in [6, 6.07) is 5.38. The van der Waals surface area contributed by atoms with Gasteiger partial charge in [0.2, 0.25) is 11.7 Å². The number of hydrogen-bond donors (Lipinski definition) is 0. The molecule has 2 aromatic heterocycles. The molecule has 104 valence electrons. The maximum absolute atomic E-state index is 12.4. The lowest BCUT2D eigenvalue weighted by Crippen LogP contribution is -1.99. The Morgan fingerprint density at radius 2 is 2.10 bits per heavy atom. The number of hydrogen-bond acceptors (Lipinski definition) is 4. The summed E-state index contributed by atoms with van der Waals surface area (Å²) in [7, 11) is 1.55. The van der Waals surface area contributed by atoms with E-state index in [1.165, 1.54) is 16.9 Å². The van der Waals surface area contributed by atoms with Gasteiger partial charge < -0.3 is 4.74 Å². The predicted octanol–water partition coefficient (Wildman–Crippen LogP) is 4.11. The summed E-state index contributed by atoms with van der Waals surface area (Å²) in [6.07, 6.45) is 3.64. The van der Waals surface area contributed by atoms with Crippen LogP contribution in [0.1, 0.15) is 39.5 Å². The van der Waals surface area contributed by atoms with Crippen LogP contribution in [-0.2, 0) is 0 Å². The van der Waals surface area contributed by atoms with Crippen LogP contribution >= 0.6 is 11.3 Å². The molecule has 0 radical (unpaired) electrons. The summed E-state index contributed by atoms with van der Waals surface area (Å²) in [5.41, 5.74) is 2.91. The van der Waals surface area contributed by atoms with E-state index < -0.39 is 0 Å². The summed E-state index contributed by atoms with van der Waals surface area (Å²) >= 11 is 1.52. The first kappa shape index (κ1) is 14.5. The molecule has 0 unspecified atom stereocenters. The molecule has 0 spiro atoms. The first-order chi connectivity index (χ1) is 9.51. The van der Waals surface area contributed by atoms with Crippen LogP contribution in [0, 0.1) is 6.92 Å². The van der Waals surface area contributed by atoms with Crippen LogP contribution in [0.15, 0.2) is 30.0 Å². The van der Waals surface area contributed by atoms with E-state index in [0.717, 1.165) is 15.3 Å². The normalized spacial score (nSPS) is 10.2. The SMILES string of the molecule is COc1ccc(C(=O)c2cc(C=C(C)C)c(C)s2)cn1. The fraction of sp³-hybridized carbons (Fsp3) is 0.250. The molecular weight excluding hydrogens is 270 g/mol. The fourth-order valence-corrected chi connectivity index (χ4v) is 2.80. The highest BCUT2D eigenvalue weighted by atomic mass is 32.1. The highest BCUT2D eigenvalue weighted by Gasteiger charge is 2.14. The number of rotatable bonds is 4. The Labute approximate surface area is 122 Å². The number of methoxy groups -OCH3 is 1. The van der Waals surface area contributed by atoms with Gasteiger partial charge in [0, 0.05) is 22.7 Å². The lowest BCUT2D eigenvalue weighted by atomic mass is 10.1. The minimum atomic E-state index is 0.00154. The molecule has 2 heterocycles. The van der Waals surface area contributed by atoms with Gasteiger partial charge in [-0.15, -0.1) is 11.3 Å². The summed E-state index contributed by atoms with van der Waals surface area (Å²) in [4.78, 5) is 18.4. The highest BCUT2D eigenvalue weighted by Crippen LogP contribution is 2.26. The second-order valence-electron chi connectivity index (χ2n) is 4.76. The second-order valence-corrected chi connectivity index (χ2v) is 6.02. The highest BCUT2D eigenvalue weighted by molar-refractivity contribution is 7.14. The lowest BCUT2D eigenvalue weighted by molar-refractivity contribution is 0.104. The van der Waals surface area contributed by atoms with Gasteiger partial charge in [0.15, 0.2) is 0 Å². The Hall–Kier alpha value is -1.94. The van der Waals surface area contributed by atoms with E-state index in [1.807, 2.05) is 26.8 Å². The van der Waals surface area contributed by atoms with Crippen LogP contribution in [0.4, 0.5) is 0 Å². The standard InChI is InChI=1S/C16H17NO2S/c1-10(2)7-13-8-14(20-11(13)3)16(18)12-5-6-15(19-4)17-9-12/h5-9H,1-4H3. The molecule has 0 saturated carbocycles. The minimum absolute atomic E-state index is 0.00154. The third kappa shape index (κ3) is 3.14. The molecule has 4 heteroatoms. The average Bonchev–Trinajstić information content (AvgIpc) is 2.79. The molecule has 0 aromatic carbocycles. The van der Waals surface area contributed by atoms with Crippen molar-refractivity contribution < 1.29 is 9.53 Å². The van der Waals surface area contributed by atoms with Crippen molar-refractivity contribution in [1.29, 1.82) is 0 Å². The molecule has 0 fully saturated rings. The molecule has 0 aliphatic carbocycles. The van der Waals surface area contributed by atoms with Gasteiger partial charge in [-0.3, -0.25) is 4.79 Å². The lowest BCUT2D eigenvalue weighted by Gasteiger charge is -2.00. The number of nitrogens with zero attached hydrogens (tertiary/aromatic N) is 1. The van der Waals surface area contributed by atoms with E-state index >= 15 is 0 Å². The van der Waals surface area contributed by atoms with Gasteiger partial charge in [0.25, 0.3) is 0 Å². The first-order valence-electron chi connectivity index (χ1n) is 6.31. The van der Waals surface area contributed by atoms with Gasteiger partial charge in [-0.2, -0.15) is 0 Å². The fourth-order valence-electron chi connectivity index (χ4n) is 1.84. The van der Waals surface area contributed by atoms with Crippen molar-refractivity contribution in [3.05, 3.63) is 50.9 Å². The van der Waals surface area contributed by atoms with Crippen molar-refractivity contribution in [1.82, 2.24) is 4.98 Å². The summed E-state index contributed by atoms with van der Waals surface area (Å²) in [5, 5.41) is 0. The van der Waals surface area contributed by atoms with Gasteiger partial charge >= 0.3 is 0 Å². The number of pyridine rings is 1. The van der Waals surface area contributed by atoms with Crippen molar-refractivity contribution in [3.8, 4) is 5.88 Å². The monoisotopic (exact) mass is 287 g/mol. The molecule has 0 amide bonds. The zero-order valence-corrected chi connectivity index (χ0v) is 12.9. The molecule has 2 rings (SSSR count). The summed E-state index contributed by atoms with van der Waals surface area (Å²) < 4.78 is 4.99. The third-order valence-electron chi connectivity index (χ3n) is 2.83. The molecule has 20 heavy (non-hydrogen) atoms. The topological polar surface area (TPSA) is 39.2 Å². The number of carbonyl (C=O) groups is 1. The number of thiophene rings is 1. The first-order valence-corrected chi connectivity index (χ1v) is 7.13. The van der Waals surface area contributed by atoms with Gasteiger partial charge in [-0.25, -0.2) is 4.98 Å². The molecule has 0 saturated heterocycles. The van der Waals surface area contributed by atoms with Crippen molar-refractivity contribution in [3.63, 3.8) is 0 Å². The Bertz CT molecular complexity index is 650. The predicted molar refractivity (Wildman–Crippen MR) is 82.6 cm³/mol. The van der Waals surface area contributed by atoms with Gasteiger partial charge in [-0.1, -0.05) is 11.6 Å². The number of aryl methyl sites for hydroxylation is 1. The second kappa shape index (κ2) is 6.01. The van der Waals surface area contributed by atoms with Gasteiger partial charge in [-0.05, 0) is 38.5 Å². The molecule has 0 atom stereocenters. The van der Waals surface area contributed by atoms with E-state index in [9.17, 15) is 4.79 Å². The van der Waals surface area contributed by atoms with Crippen LogP contribution in [0.5, 0.6) is 5.88 Å². The molecule has 0 bridgehead atoms. The number of carbonyl (C=O) groups excluding carboxylic acids is 1. The quantitative estimate of drug-likeness (QED) is 0.794. The molecule has 0 aliphatic heterocycles. The smallest absolute Gasteiger partial charge is 0.212 e. The van der Waals surface area contributed by atoms with Gasteiger partial charge in [0.05, 0.1) is 12.0 Å². The van der Waals surface area contributed by atoms with Crippen molar-refractivity contribution in [2.45, 2.75) is 20.8 Å². The maximum Gasteiger partial charge on any atom is 0.212 e. The van der Waals surface area contributed by atoms with E-state index in [0.29, 0.717) is 11.4 Å². The average molecular weight is 287 g/mol. The van der Waals surface area contributed by atoms with Crippen molar-refractivity contribution in [2.75, 3.05) is 7.11 Å². The Balaban J connectivity index is 2.31. The van der Waals surface area contributed by atoms with Crippen LogP contribution in [0.25, 0.3) is 6.08 Å². The summed E-state index contributed by atoms with van der Waals surface area (Å²) in [6.45, 7) is 6.13. The Kier molecular flexibility index (Phi) is 4.35. The number of ether oxygens (including phenoxy) is 1. The zero-order chi connectivity index (χ0) is 14.7. The zero-order valence-electron chi connectivity index (χ0n) is 12.1. The van der Waals surface area contributed by atoms with Crippen LogP contribution in [0.3, 0.4) is 0 Å².